The molecule has 3 rings (SSSR count). The molecule has 0 saturated carbocycles. The van der Waals surface area contributed by atoms with Crippen LogP contribution in [0.5, 0.6) is 11.5 Å². The number of carbonyl (C=O) groups is 1. The van der Waals surface area contributed by atoms with E-state index in [-0.39, 0.29) is 30.0 Å². The zero-order valence-electron chi connectivity index (χ0n) is 13.6. The van der Waals surface area contributed by atoms with Gasteiger partial charge in [-0.1, -0.05) is 5.16 Å². The number of hydrogen-bond donors (Lipinski definition) is 0. The van der Waals surface area contributed by atoms with E-state index in [0.717, 1.165) is 11.6 Å². The molecular weight excluding hydrogens is 362 g/mol. The number of rotatable bonds is 7. The van der Waals surface area contributed by atoms with Gasteiger partial charge in [0.05, 0.1) is 24.5 Å². The normalized spacial score (nSPS) is 10.5. The van der Waals surface area contributed by atoms with Gasteiger partial charge in [-0.2, -0.15) is 16.3 Å². The van der Waals surface area contributed by atoms with Crippen LogP contribution in [0.1, 0.15) is 12.3 Å². The lowest BCUT2D eigenvalue weighted by atomic mass is 10.2. The van der Waals surface area contributed by atoms with Crippen molar-refractivity contribution in [3.05, 3.63) is 51.0 Å². The Morgan fingerprint density at radius 1 is 1.35 bits per heavy atom. The predicted octanol–water partition coefficient (Wildman–Crippen LogP) is 3.25. The van der Waals surface area contributed by atoms with Gasteiger partial charge in [0.1, 0.15) is 0 Å². The Bertz CT molecular complexity index is 922. The second-order valence-corrected chi connectivity index (χ2v) is 5.87. The van der Waals surface area contributed by atoms with Gasteiger partial charge in [0.15, 0.2) is 11.5 Å². The van der Waals surface area contributed by atoms with Crippen molar-refractivity contribution < 1.29 is 23.7 Å². The summed E-state index contributed by atoms with van der Waals surface area (Å²) in [5.74, 6) is 0.362. The van der Waals surface area contributed by atoms with Crippen molar-refractivity contribution in [2.75, 3.05) is 7.11 Å². The summed E-state index contributed by atoms with van der Waals surface area (Å²) in [6, 6.07) is 5.63. The number of hydrogen-bond acceptors (Lipinski definition) is 9. The van der Waals surface area contributed by atoms with E-state index in [1.54, 1.807) is 0 Å². The highest BCUT2D eigenvalue weighted by Gasteiger charge is 2.17. The minimum absolute atomic E-state index is 0.0174. The van der Waals surface area contributed by atoms with E-state index in [2.05, 4.69) is 10.1 Å². The maximum atomic E-state index is 12.0. The molecule has 0 saturated heterocycles. The molecule has 0 aliphatic carbocycles. The monoisotopic (exact) mass is 375 g/mol. The molecule has 10 heteroatoms. The summed E-state index contributed by atoms with van der Waals surface area (Å²) in [4.78, 5) is 26.5. The molecule has 0 spiro atoms. The largest absolute Gasteiger partial charge is 0.493 e. The Morgan fingerprint density at radius 3 is 2.88 bits per heavy atom. The van der Waals surface area contributed by atoms with Crippen molar-refractivity contribution in [2.45, 2.75) is 12.8 Å². The number of aryl methyl sites for hydroxylation is 1. The fraction of sp³-hybridized carbons (Fsp3) is 0.188. The van der Waals surface area contributed by atoms with Gasteiger partial charge in [-0.3, -0.25) is 14.9 Å². The third-order valence-electron chi connectivity index (χ3n) is 3.37. The van der Waals surface area contributed by atoms with E-state index in [0.29, 0.717) is 11.7 Å². The maximum absolute atomic E-state index is 12.0. The number of nitrogens with zero attached hydrogens (tertiary/aromatic N) is 3. The Labute approximate surface area is 151 Å². The van der Waals surface area contributed by atoms with E-state index in [1.165, 1.54) is 30.6 Å². The fourth-order valence-corrected chi connectivity index (χ4v) is 2.74. The standard InChI is InChI=1S/C16H13N3O6S/c1-23-12-3-2-11(19(21)22)8-13(12)24-15(20)5-4-14-17-16(18-25-14)10-6-7-26-9-10/h2-3,6-9H,4-5H2,1H3. The quantitative estimate of drug-likeness (QED) is 0.267. The van der Waals surface area contributed by atoms with Gasteiger partial charge in [-0.25, -0.2) is 0 Å². The number of nitro groups is 1. The number of non-ortho nitro benzene ring substituents is 1. The van der Waals surface area contributed by atoms with Crippen LogP contribution in [0.15, 0.2) is 39.5 Å². The highest BCUT2D eigenvalue weighted by Crippen LogP contribution is 2.31. The van der Waals surface area contributed by atoms with Crippen LogP contribution in [-0.2, 0) is 11.2 Å². The third-order valence-corrected chi connectivity index (χ3v) is 4.06. The van der Waals surface area contributed by atoms with Crippen molar-refractivity contribution in [3.8, 4) is 22.9 Å². The van der Waals surface area contributed by atoms with Crippen LogP contribution >= 0.6 is 11.3 Å². The minimum Gasteiger partial charge on any atom is -0.493 e. The Balaban J connectivity index is 1.62. The molecule has 0 aliphatic rings. The van der Waals surface area contributed by atoms with E-state index < -0.39 is 10.9 Å². The van der Waals surface area contributed by atoms with Crippen LogP contribution < -0.4 is 9.47 Å². The molecule has 134 valence electrons. The summed E-state index contributed by atoms with van der Waals surface area (Å²) < 4.78 is 15.3. The average molecular weight is 375 g/mol. The zero-order chi connectivity index (χ0) is 18.5. The molecule has 0 N–H and O–H groups in total. The van der Waals surface area contributed by atoms with Crippen molar-refractivity contribution in [3.63, 3.8) is 0 Å². The number of carbonyl (C=O) groups excluding carboxylic acids is 1. The first-order valence-corrected chi connectivity index (χ1v) is 8.39. The number of esters is 1. The molecule has 2 aromatic heterocycles. The van der Waals surface area contributed by atoms with Gasteiger partial charge >= 0.3 is 5.97 Å². The van der Waals surface area contributed by atoms with Gasteiger partial charge < -0.3 is 14.0 Å². The molecular formula is C16H13N3O6S. The number of aromatic nitrogens is 2. The lowest BCUT2D eigenvalue weighted by Gasteiger charge is -2.08. The summed E-state index contributed by atoms with van der Waals surface area (Å²) in [5, 5.41) is 18.5. The van der Waals surface area contributed by atoms with Crippen LogP contribution in [0.4, 0.5) is 5.69 Å². The number of methoxy groups -OCH3 is 1. The number of nitro benzene ring substituents is 1. The summed E-state index contributed by atoms with van der Waals surface area (Å²) in [5.41, 5.74) is 0.639. The Hall–Kier alpha value is -3.27. The highest BCUT2D eigenvalue weighted by molar-refractivity contribution is 7.08. The lowest BCUT2D eigenvalue weighted by Crippen LogP contribution is -2.10. The predicted molar refractivity (Wildman–Crippen MR) is 91.2 cm³/mol. The molecule has 0 unspecified atom stereocenters. The van der Waals surface area contributed by atoms with Gasteiger partial charge in [0.25, 0.3) is 5.69 Å². The zero-order valence-corrected chi connectivity index (χ0v) is 14.4. The first-order chi connectivity index (χ1) is 12.6. The molecule has 3 aromatic rings. The fourth-order valence-electron chi connectivity index (χ4n) is 2.11. The first-order valence-electron chi connectivity index (χ1n) is 7.45. The first kappa shape index (κ1) is 17.5. The lowest BCUT2D eigenvalue weighted by molar-refractivity contribution is -0.384. The Morgan fingerprint density at radius 2 is 2.19 bits per heavy atom. The second kappa shape index (κ2) is 7.74. The van der Waals surface area contributed by atoms with Crippen LogP contribution in [0.2, 0.25) is 0 Å². The molecule has 0 amide bonds. The molecule has 1 aromatic carbocycles. The average Bonchev–Trinajstić information content (AvgIpc) is 3.31. The van der Waals surface area contributed by atoms with Crippen LogP contribution in [0.25, 0.3) is 11.4 Å². The van der Waals surface area contributed by atoms with E-state index in [1.807, 2.05) is 16.8 Å². The SMILES string of the molecule is COc1ccc([N+](=O)[O-])cc1OC(=O)CCc1nc(-c2ccsc2)no1. The van der Waals surface area contributed by atoms with E-state index >= 15 is 0 Å². The summed E-state index contributed by atoms with van der Waals surface area (Å²) >= 11 is 1.51. The molecule has 0 aliphatic heterocycles. The smallest absolute Gasteiger partial charge is 0.311 e. The van der Waals surface area contributed by atoms with Crippen LogP contribution in [0, 0.1) is 10.1 Å². The molecule has 0 radical (unpaired) electrons. The summed E-state index contributed by atoms with van der Waals surface area (Å²) in [6.45, 7) is 0. The third kappa shape index (κ3) is 4.03. The second-order valence-electron chi connectivity index (χ2n) is 5.09. The minimum atomic E-state index is -0.598. The van der Waals surface area contributed by atoms with Crippen molar-refractivity contribution >= 4 is 23.0 Å². The van der Waals surface area contributed by atoms with E-state index in [9.17, 15) is 14.9 Å². The number of thiophene rings is 1. The van der Waals surface area contributed by atoms with E-state index in [4.69, 9.17) is 14.0 Å². The summed E-state index contributed by atoms with van der Waals surface area (Å²) in [6.07, 6.45) is 0.157. The highest BCUT2D eigenvalue weighted by atomic mass is 32.1. The van der Waals surface area contributed by atoms with Crippen molar-refractivity contribution in [1.82, 2.24) is 10.1 Å². The van der Waals surface area contributed by atoms with Gasteiger partial charge in [0, 0.05) is 23.4 Å². The number of ether oxygens (including phenoxy) is 2. The van der Waals surface area contributed by atoms with Gasteiger partial charge in [0.2, 0.25) is 11.7 Å². The van der Waals surface area contributed by atoms with Crippen molar-refractivity contribution in [1.29, 1.82) is 0 Å². The maximum Gasteiger partial charge on any atom is 0.311 e. The van der Waals surface area contributed by atoms with Crippen LogP contribution in [-0.4, -0.2) is 28.1 Å². The summed E-state index contributed by atoms with van der Waals surface area (Å²) in [7, 11) is 1.38. The van der Waals surface area contributed by atoms with Gasteiger partial charge in [-0.05, 0) is 17.5 Å². The van der Waals surface area contributed by atoms with Crippen molar-refractivity contribution in [2.24, 2.45) is 0 Å². The topological polar surface area (TPSA) is 118 Å². The van der Waals surface area contributed by atoms with Gasteiger partial charge in [-0.15, -0.1) is 0 Å². The molecule has 2 heterocycles. The molecule has 26 heavy (non-hydrogen) atoms. The van der Waals surface area contributed by atoms with Crippen LogP contribution in [0.3, 0.4) is 0 Å². The molecule has 0 fully saturated rings. The molecule has 9 nitrogen and oxygen atoms in total. The number of benzene rings is 1. The molecule has 0 bridgehead atoms. The molecule has 0 atom stereocenters. The Kier molecular flexibility index (Phi) is 5.23.